The van der Waals surface area contributed by atoms with Gasteiger partial charge in [0, 0.05) is 12.1 Å². The number of nitro benzene ring substituents is 1. The van der Waals surface area contributed by atoms with Crippen LogP contribution in [0.15, 0.2) is 29.2 Å². The van der Waals surface area contributed by atoms with Gasteiger partial charge in [-0.1, -0.05) is 44.2 Å². The Kier molecular flexibility index (Phi) is 5.91. The molecule has 1 amide bonds. The minimum absolute atomic E-state index is 0.0487. The average Bonchev–Trinajstić information content (AvgIpc) is 2.82. The summed E-state index contributed by atoms with van der Waals surface area (Å²) in [6.07, 6.45) is 2.15. The van der Waals surface area contributed by atoms with Gasteiger partial charge < -0.3 is 5.11 Å². The number of nitrogens with zero attached hydrogens (tertiary/aromatic N) is 2. The van der Waals surface area contributed by atoms with Crippen molar-refractivity contribution in [1.29, 1.82) is 0 Å². The fourth-order valence-electron chi connectivity index (χ4n) is 2.39. The first-order valence-corrected chi connectivity index (χ1v) is 8.73. The van der Waals surface area contributed by atoms with E-state index in [1.165, 1.54) is 24.3 Å². The van der Waals surface area contributed by atoms with Crippen LogP contribution in [0.3, 0.4) is 0 Å². The number of non-ortho nitro benzene ring substituents is 1. The van der Waals surface area contributed by atoms with Gasteiger partial charge in [-0.25, -0.2) is 4.79 Å². The molecular formula is C16H16N2O5S2. The minimum atomic E-state index is -1.10. The Bertz CT molecular complexity index is 760. The molecule has 2 atom stereocenters. The van der Waals surface area contributed by atoms with Gasteiger partial charge in [0.15, 0.2) is 0 Å². The second-order valence-electron chi connectivity index (χ2n) is 5.57. The molecule has 2 rings (SSSR count). The number of thioether (sulfide) groups is 1. The zero-order valence-electron chi connectivity index (χ0n) is 13.5. The van der Waals surface area contributed by atoms with Crippen LogP contribution in [0, 0.1) is 16.0 Å². The second kappa shape index (κ2) is 7.75. The van der Waals surface area contributed by atoms with Crippen molar-refractivity contribution in [1.82, 2.24) is 4.90 Å². The molecule has 9 heteroatoms. The van der Waals surface area contributed by atoms with E-state index in [2.05, 4.69) is 0 Å². The maximum Gasteiger partial charge on any atom is 0.327 e. The molecule has 25 heavy (non-hydrogen) atoms. The molecule has 0 saturated carbocycles. The lowest BCUT2D eigenvalue weighted by Gasteiger charge is -2.27. The number of carbonyl (C=O) groups excluding carboxylic acids is 1. The summed E-state index contributed by atoms with van der Waals surface area (Å²) in [6, 6.07) is 4.71. The van der Waals surface area contributed by atoms with E-state index in [-0.39, 0.29) is 15.9 Å². The van der Waals surface area contributed by atoms with Gasteiger partial charge in [-0.2, -0.15) is 0 Å². The average molecular weight is 380 g/mol. The predicted octanol–water partition coefficient (Wildman–Crippen LogP) is 3.30. The lowest BCUT2D eigenvalue weighted by atomic mass is 9.98. The maximum atomic E-state index is 12.6. The fraction of sp³-hybridized carbons (Fsp3) is 0.312. The lowest BCUT2D eigenvalue weighted by molar-refractivity contribution is -0.384. The van der Waals surface area contributed by atoms with Gasteiger partial charge >= 0.3 is 5.97 Å². The summed E-state index contributed by atoms with van der Waals surface area (Å²) in [6.45, 7) is 3.61. The molecule has 132 valence electrons. The highest BCUT2D eigenvalue weighted by Crippen LogP contribution is 2.36. The molecule has 1 aliphatic heterocycles. The molecule has 0 aromatic heterocycles. The van der Waals surface area contributed by atoms with Crippen LogP contribution in [0.5, 0.6) is 0 Å². The minimum Gasteiger partial charge on any atom is -0.480 e. The van der Waals surface area contributed by atoms with E-state index in [9.17, 15) is 24.8 Å². The maximum absolute atomic E-state index is 12.6. The Morgan fingerprint density at radius 1 is 1.44 bits per heavy atom. The molecule has 1 aromatic rings. The molecule has 1 aromatic carbocycles. The van der Waals surface area contributed by atoms with Crippen molar-refractivity contribution in [2.75, 3.05) is 0 Å². The summed E-state index contributed by atoms with van der Waals surface area (Å²) in [5.74, 6) is -1.80. The summed E-state index contributed by atoms with van der Waals surface area (Å²) in [7, 11) is 0. The fourth-order valence-corrected chi connectivity index (χ4v) is 3.72. The molecule has 0 aliphatic carbocycles. The topological polar surface area (TPSA) is 101 Å². The van der Waals surface area contributed by atoms with E-state index in [0.717, 1.165) is 16.7 Å². The van der Waals surface area contributed by atoms with Crippen LogP contribution >= 0.6 is 24.0 Å². The summed E-state index contributed by atoms with van der Waals surface area (Å²) < 4.78 is 0.200. The summed E-state index contributed by atoms with van der Waals surface area (Å²) >= 11 is 6.24. The lowest BCUT2D eigenvalue weighted by Crippen LogP contribution is -2.47. The van der Waals surface area contributed by atoms with Gasteiger partial charge in [-0.15, -0.1) is 0 Å². The monoisotopic (exact) mass is 380 g/mol. The molecule has 1 aliphatic rings. The molecule has 7 nitrogen and oxygen atoms in total. The summed E-state index contributed by atoms with van der Waals surface area (Å²) in [4.78, 5) is 35.9. The van der Waals surface area contributed by atoms with Crippen LogP contribution < -0.4 is 0 Å². The SMILES string of the molecule is CCC(C)C(C(=O)O)N1C(=O)/C(=C/c2ccc([N+](=O)[O-])cc2)SC1=S. The number of thiocarbonyl (C=S) groups is 1. The number of carboxylic acids is 1. The number of rotatable bonds is 6. The third kappa shape index (κ3) is 4.05. The number of carbonyl (C=O) groups is 2. The molecular weight excluding hydrogens is 364 g/mol. The van der Waals surface area contributed by atoms with E-state index < -0.39 is 22.8 Å². The molecule has 0 bridgehead atoms. The number of benzene rings is 1. The number of hydrogen-bond acceptors (Lipinski definition) is 6. The number of amides is 1. The highest BCUT2D eigenvalue weighted by molar-refractivity contribution is 8.26. The Morgan fingerprint density at radius 2 is 2.04 bits per heavy atom. The van der Waals surface area contributed by atoms with Gasteiger partial charge in [0.25, 0.3) is 11.6 Å². The highest BCUT2D eigenvalue weighted by Gasteiger charge is 2.42. The number of carboxylic acid groups (broad SMARTS) is 1. The van der Waals surface area contributed by atoms with E-state index >= 15 is 0 Å². The third-order valence-electron chi connectivity index (χ3n) is 3.94. The number of hydrogen-bond donors (Lipinski definition) is 1. The van der Waals surface area contributed by atoms with E-state index in [1.54, 1.807) is 13.0 Å². The first-order valence-electron chi connectivity index (χ1n) is 7.50. The summed E-state index contributed by atoms with van der Waals surface area (Å²) in [5.41, 5.74) is 0.550. The van der Waals surface area contributed by atoms with Crippen molar-refractivity contribution < 1.29 is 19.6 Å². The zero-order chi connectivity index (χ0) is 18.7. The molecule has 0 radical (unpaired) electrons. The van der Waals surface area contributed by atoms with Crippen molar-refractivity contribution in [2.24, 2.45) is 5.92 Å². The third-order valence-corrected chi connectivity index (χ3v) is 5.27. The Labute approximate surface area is 153 Å². The number of aliphatic carboxylic acids is 1. The van der Waals surface area contributed by atoms with Crippen molar-refractivity contribution >= 4 is 51.9 Å². The van der Waals surface area contributed by atoms with Crippen molar-refractivity contribution in [3.8, 4) is 0 Å². The van der Waals surface area contributed by atoms with E-state index in [0.29, 0.717) is 16.9 Å². The van der Waals surface area contributed by atoms with Crippen LogP contribution in [0.2, 0.25) is 0 Å². The Hall–Kier alpha value is -2.26. The normalized spacial score (nSPS) is 18.5. The first kappa shape index (κ1) is 19.1. The zero-order valence-corrected chi connectivity index (χ0v) is 15.2. The van der Waals surface area contributed by atoms with Crippen LogP contribution in [-0.4, -0.2) is 37.2 Å². The van der Waals surface area contributed by atoms with Crippen LogP contribution in [0.4, 0.5) is 5.69 Å². The van der Waals surface area contributed by atoms with E-state index in [4.69, 9.17) is 12.2 Å². The van der Waals surface area contributed by atoms with Crippen molar-refractivity contribution in [2.45, 2.75) is 26.3 Å². The smallest absolute Gasteiger partial charge is 0.327 e. The highest BCUT2D eigenvalue weighted by atomic mass is 32.2. The molecule has 1 heterocycles. The van der Waals surface area contributed by atoms with Gasteiger partial charge in [-0.05, 0) is 29.7 Å². The molecule has 1 fully saturated rings. The van der Waals surface area contributed by atoms with Crippen LogP contribution in [0.25, 0.3) is 6.08 Å². The van der Waals surface area contributed by atoms with Gasteiger partial charge in [0.2, 0.25) is 0 Å². The van der Waals surface area contributed by atoms with Crippen LogP contribution in [0.1, 0.15) is 25.8 Å². The standard InChI is InChI=1S/C16H16N2O5S2/c1-3-9(2)13(15(20)21)17-14(19)12(25-16(17)24)8-10-4-6-11(7-5-10)18(22)23/h4-9,13H,3H2,1-2H3,(H,20,21)/b12-8-. The molecule has 1 saturated heterocycles. The van der Waals surface area contributed by atoms with Gasteiger partial charge in [0.05, 0.1) is 9.83 Å². The number of nitro groups is 1. The van der Waals surface area contributed by atoms with Crippen LogP contribution in [-0.2, 0) is 9.59 Å². The molecule has 0 spiro atoms. The largest absolute Gasteiger partial charge is 0.480 e. The Balaban J connectivity index is 2.30. The van der Waals surface area contributed by atoms with Gasteiger partial charge in [-0.3, -0.25) is 19.8 Å². The summed E-state index contributed by atoms with van der Waals surface area (Å²) in [5, 5.41) is 20.2. The predicted molar refractivity (Wildman–Crippen MR) is 99.0 cm³/mol. The Morgan fingerprint density at radius 3 is 2.52 bits per heavy atom. The molecule has 2 unspecified atom stereocenters. The van der Waals surface area contributed by atoms with Gasteiger partial charge in [0.1, 0.15) is 10.4 Å². The van der Waals surface area contributed by atoms with E-state index in [1.807, 2.05) is 6.92 Å². The molecule has 1 N–H and O–H groups in total. The quantitative estimate of drug-likeness (QED) is 0.350. The van der Waals surface area contributed by atoms with Crippen molar-refractivity contribution in [3.63, 3.8) is 0 Å². The van der Waals surface area contributed by atoms with Crippen molar-refractivity contribution in [3.05, 3.63) is 44.8 Å². The second-order valence-corrected chi connectivity index (χ2v) is 7.24. The first-order chi connectivity index (χ1) is 11.8.